The van der Waals surface area contributed by atoms with E-state index in [2.05, 4.69) is 17.1 Å². The molecule has 0 saturated carbocycles. The molecule has 0 bridgehead atoms. The van der Waals surface area contributed by atoms with Crippen molar-refractivity contribution in [2.24, 2.45) is 5.92 Å². The fourth-order valence-corrected chi connectivity index (χ4v) is 4.80. The molecule has 0 atom stereocenters. The molecule has 0 N–H and O–H groups in total. The predicted octanol–water partition coefficient (Wildman–Crippen LogP) is 3.80. The van der Waals surface area contributed by atoms with Crippen LogP contribution in [-0.2, 0) is 11.2 Å². The summed E-state index contributed by atoms with van der Waals surface area (Å²) in [5.41, 5.74) is 3.63. The van der Waals surface area contributed by atoms with Gasteiger partial charge in [0, 0.05) is 48.9 Å². The van der Waals surface area contributed by atoms with Crippen LogP contribution in [0.4, 0.5) is 0 Å². The third-order valence-corrected chi connectivity index (χ3v) is 6.78. The van der Waals surface area contributed by atoms with Gasteiger partial charge in [-0.25, -0.2) is 0 Å². The van der Waals surface area contributed by atoms with Gasteiger partial charge in [0.15, 0.2) is 0 Å². The first kappa shape index (κ1) is 21.6. The van der Waals surface area contributed by atoms with Crippen molar-refractivity contribution >= 4 is 22.7 Å². The summed E-state index contributed by atoms with van der Waals surface area (Å²) in [4.78, 5) is 33.8. The van der Waals surface area contributed by atoms with Crippen LogP contribution in [0, 0.1) is 5.92 Å². The number of pyridine rings is 1. The molecule has 170 valence electrons. The number of likely N-dealkylation sites (tertiary alicyclic amines) is 1. The average Bonchev–Trinajstić information content (AvgIpc) is 2.89. The lowest BCUT2D eigenvalue weighted by molar-refractivity contribution is 0.0303. The zero-order valence-corrected chi connectivity index (χ0v) is 18.8. The maximum atomic E-state index is 13.0. The number of carbonyl (C=O) groups is 2. The van der Waals surface area contributed by atoms with Gasteiger partial charge in [0.1, 0.15) is 0 Å². The third kappa shape index (κ3) is 4.91. The smallest absolute Gasteiger partial charge is 0.254 e. The van der Waals surface area contributed by atoms with Crippen LogP contribution in [0.3, 0.4) is 0 Å². The van der Waals surface area contributed by atoms with Gasteiger partial charge in [0.05, 0.1) is 18.7 Å². The monoisotopic (exact) mass is 443 g/mol. The summed E-state index contributed by atoms with van der Waals surface area (Å²) in [7, 11) is 0. The number of piperidine rings is 1. The second-order valence-corrected chi connectivity index (χ2v) is 8.95. The maximum absolute atomic E-state index is 13.0. The molecular weight excluding hydrogens is 414 g/mol. The highest BCUT2D eigenvalue weighted by Crippen LogP contribution is 2.24. The molecule has 3 heterocycles. The average molecular weight is 444 g/mol. The Morgan fingerprint density at radius 3 is 2.27 bits per heavy atom. The van der Waals surface area contributed by atoms with Crippen molar-refractivity contribution in [1.82, 2.24) is 14.8 Å². The first-order chi connectivity index (χ1) is 16.2. The molecule has 2 aliphatic heterocycles. The van der Waals surface area contributed by atoms with Gasteiger partial charge in [0.25, 0.3) is 11.8 Å². The van der Waals surface area contributed by atoms with Crippen LogP contribution in [0.2, 0.25) is 0 Å². The number of aromatic nitrogens is 1. The van der Waals surface area contributed by atoms with Crippen LogP contribution in [0.1, 0.15) is 39.1 Å². The summed E-state index contributed by atoms with van der Waals surface area (Å²) in [6.45, 7) is 4.11. The highest BCUT2D eigenvalue weighted by Gasteiger charge is 2.24. The van der Waals surface area contributed by atoms with E-state index in [1.165, 1.54) is 5.56 Å². The van der Waals surface area contributed by atoms with E-state index in [4.69, 9.17) is 4.74 Å². The normalized spacial score (nSPS) is 17.3. The molecule has 0 radical (unpaired) electrons. The van der Waals surface area contributed by atoms with Crippen molar-refractivity contribution in [3.05, 3.63) is 77.5 Å². The molecule has 5 rings (SSSR count). The van der Waals surface area contributed by atoms with Crippen molar-refractivity contribution in [2.75, 3.05) is 39.4 Å². The van der Waals surface area contributed by atoms with Crippen LogP contribution in [-0.4, -0.2) is 66.0 Å². The van der Waals surface area contributed by atoms with Crippen molar-refractivity contribution in [2.45, 2.75) is 19.3 Å². The Balaban J connectivity index is 1.15. The highest BCUT2D eigenvalue weighted by atomic mass is 16.5. The van der Waals surface area contributed by atoms with E-state index in [0.717, 1.165) is 54.4 Å². The second kappa shape index (κ2) is 9.71. The fourth-order valence-electron chi connectivity index (χ4n) is 4.80. The Morgan fingerprint density at radius 2 is 1.52 bits per heavy atom. The predicted molar refractivity (Wildman–Crippen MR) is 127 cm³/mol. The number of fused-ring (bicyclic) bond motifs is 1. The second-order valence-electron chi connectivity index (χ2n) is 8.95. The van der Waals surface area contributed by atoms with Gasteiger partial charge in [-0.05, 0) is 67.1 Å². The lowest BCUT2D eigenvalue weighted by Crippen LogP contribution is -2.40. The molecular formula is C27H29N3O3. The number of benzene rings is 2. The molecule has 2 aliphatic rings. The van der Waals surface area contributed by atoms with E-state index in [1.54, 1.807) is 6.20 Å². The van der Waals surface area contributed by atoms with Crippen molar-refractivity contribution < 1.29 is 14.3 Å². The number of ether oxygens (including phenoxy) is 1. The van der Waals surface area contributed by atoms with E-state index in [-0.39, 0.29) is 11.8 Å². The van der Waals surface area contributed by atoms with Crippen molar-refractivity contribution in [1.29, 1.82) is 0 Å². The molecule has 1 aromatic heterocycles. The summed E-state index contributed by atoms with van der Waals surface area (Å²) in [6.07, 6.45) is 4.74. The number of nitrogens with zero attached hydrogens (tertiary/aromatic N) is 3. The molecule has 6 heteroatoms. The number of hydrogen-bond acceptors (Lipinski definition) is 4. The van der Waals surface area contributed by atoms with E-state index in [9.17, 15) is 9.59 Å². The first-order valence-electron chi connectivity index (χ1n) is 11.8. The summed E-state index contributed by atoms with van der Waals surface area (Å²) < 4.78 is 5.33. The minimum absolute atomic E-state index is 0.0844. The number of amides is 2. The van der Waals surface area contributed by atoms with E-state index in [1.807, 2.05) is 52.3 Å². The number of carbonyl (C=O) groups excluding carboxylic acids is 2. The molecule has 2 aromatic carbocycles. The Bertz CT molecular complexity index is 1130. The van der Waals surface area contributed by atoms with Gasteiger partial charge >= 0.3 is 0 Å². The Hall–Kier alpha value is -3.25. The van der Waals surface area contributed by atoms with Gasteiger partial charge in [-0.2, -0.15) is 0 Å². The van der Waals surface area contributed by atoms with Gasteiger partial charge in [-0.1, -0.05) is 18.2 Å². The molecule has 0 aliphatic carbocycles. The van der Waals surface area contributed by atoms with Crippen LogP contribution in [0.15, 0.2) is 60.8 Å². The van der Waals surface area contributed by atoms with Gasteiger partial charge < -0.3 is 14.5 Å². The molecule has 2 fully saturated rings. The van der Waals surface area contributed by atoms with Gasteiger partial charge in [-0.3, -0.25) is 14.6 Å². The minimum Gasteiger partial charge on any atom is -0.378 e. The quantitative estimate of drug-likeness (QED) is 0.615. The summed E-state index contributed by atoms with van der Waals surface area (Å²) in [6, 6.07) is 17.7. The molecule has 2 amide bonds. The highest BCUT2D eigenvalue weighted by molar-refractivity contribution is 5.98. The lowest BCUT2D eigenvalue weighted by atomic mass is 9.89. The molecule has 3 aromatic rings. The van der Waals surface area contributed by atoms with Gasteiger partial charge in [0.2, 0.25) is 0 Å². The van der Waals surface area contributed by atoms with Crippen LogP contribution in [0.25, 0.3) is 10.9 Å². The Labute approximate surface area is 194 Å². The summed E-state index contributed by atoms with van der Waals surface area (Å²) in [5.74, 6) is 0.738. The van der Waals surface area contributed by atoms with E-state index >= 15 is 0 Å². The number of hydrogen-bond donors (Lipinski definition) is 0. The summed E-state index contributed by atoms with van der Waals surface area (Å²) >= 11 is 0. The topological polar surface area (TPSA) is 62.7 Å². The van der Waals surface area contributed by atoms with Crippen molar-refractivity contribution in [3.8, 4) is 0 Å². The fraction of sp³-hybridized carbons (Fsp3) is 0.370. The van der Waals surface area contributed by atoms with Crippen LogP contribution >= 0.6 is 0 Å². The zero-order valence-electron chi connectivity index (χ0n) is 18.8. The standard InChI is InChI=1S/C27H29N3O3/c31-26(30-14-16-33-17-15-30)22-5-3-20(4-6-22)18-21-9-12-29(13-10-21)27(32)24-7-8-25-23(19-24)2-1-11-28-25/h1-8,11,19,21H,9-10,12-18H2. The Kier molecular flexibility index (Phi) is 6.35. The SMILES string of the molecule is O=C(c1ccc(CC2CCN(C(=O)c3ccc4ncccc4c3)CC2)cc1)N1CCOCC1. The minimum atomic E-state index is 0.0844. The van der Waals surface area contributed by atoms with E-state index in [0.29, 0.717) is 32.2 Å². The largest absolute Gasteiger partial charge is 0.378 e. The molecule has 6 nitrogen and oxygen atoms in total. The molecule has 2 saturated heterocycles. The van der Waals surface area contributed by atoms with Crippen LogP contribution < -0.4 is 0 Å². The summed E-state index contributed by atoms with van der Waals surface area (Å²) in [5, 5.41) is 0.994. The molecule has 33 heavy (non-hydrogen) atoms. The van der Waals surface area contributed by atoms with Gasteiger partial charge in [-0.15, -0.1) is 0 Å². The maximum Gasteiger partial charge on any atom is 0.254 e. The lowest BCUT2D eigenvalue weighted by Gasteiger charge is -2.32. The van der Waals surface area contributed by atoms with E-state index < -0.39 is 0 Å². The first-order valence-corrected chi connectivity index (χ1v) is 11.8. The number of morpholine rings is 1. The molecule has 0 spiro atoms. The van der Waals surface area contributed by atoms with Crippen LogP contribution in [0.5, 0.6) is 0 Å². The van der Waals surface area contributed by atoms with Crippen molar-refractivity contribution in [3.63, 3.8) is 0 Å². The Morgan fingerprint density at radius 1 is 0.848 bits per heavy atom. The zero-order chi connectivity index (χ0) is 22.6. The molecule has 0 unspecified atom stereocenters. The third-order valence-electron chi connectivity index (χ3n) is 6.78. The number of rotatable bonds is 4.